The maximum Gasteiger partial charge on any atom is 0.133 e. The molecule has 0 spiro atoms. The smallest absolute Gasteiger partial charge is 0.133 e. The van der Waals surface area contributed by atoms with Crippen molar-refractivity contribution >= 4 is 5.78 Å². The molecule has 0 amide bonds. The normalized spacial score (nSPS) is 30.2. The average molecular weight is 166 g/mol. The first-order chi connectivity index (χ1) is 5.77. The molecule has 0 saturated heterocycles. The molecule has 2 atom stereocenters. The molecule has 1 saturated carbocycles. The van der Waals surface area contributed by atoms with Gasteiger partial charge >= 0.3 is 0 Å². The highest BCUT2D eigenvalue weighted by atomic mass is 16.1. The van der Waals surface area contributed by atoms with Crippen molar-refractivity contribution in [2.45, 2.75) is 39.0 Å². The van der Waals surface area contributed by atoms with Gasteiger partial charge in [0.2, 0.25) is 0 Å². The zero-order valence-electron chi connectivity index (χ0n) is 7.88. The minimum absolute atomic E-state index is 0.451. The SMILES string of the molecule is C=CCC1CC(=O)CCC1CC. The Labute approximate surface area is 74.9 Å². The second kappa shape index (κ2) is 4.44. The van der Waals surface area contributed by atoms with E-state index < -0.39 is 0 Å². The van der Waals surface area contributed by atoms with E-state index in [4.69, 9.17) is 0 Å². The van der Waals surface area contributed by atoms with Crippen LogP contribution in [0.5, 0.6) is 0 Å². The van der Waals surface area contributed by atoms with E-state index in [2.05, 4.69) is 13.5 Å². The number of hydrogen-bond acceptors (Lipinski definition) is 1. The number of allylic oxidation sites excluding steroid dienone is 1. The summed E-state index contributed by atoms with van der Waals surface area (Å²) < 4.78 is 0. The van der Waals surface area contributed by atoms with E-state index in [9.17, 15) is 4.79 Å². The van der Waals surface area contributed by atoms with E-state index in [0.29, 0.717) is 11.7 Å². The predicted molar refractivity (Wildman–Crippen MR) is 50.9 cm³/mol. The fourth-order valence-corrected chi connectivity index (χ4v) is 2.17. The molecular formula is C11H18O. The minimum atomic E-state index is 0.451. The van der Waals surface area contributed by atoms with E-state index >= 15 is 0 Å². The van der Waals surface area contributed by atoms with Crippen LogP contribution in [0.25, 0.3) is 0 Å². The summed E-state index contributed by atoms with van der Waals surface area (Å²) in [6, 6.07) is 0. The lowest BCUT2D eigenvalue weighted by Gasteiger charge is -2.29. The third kappa shape index (κ3) is 2.20. The maximum atomic E-state index is 11.2. The van der Waals surface area contributed by atoms with Gasteiger partial charge in [0, 0.05) is 12.8 Å². The van der Waals surface area contributed by atoms with Gasteiger partial charge in [0.1, 0.15) is 5.78 Å². The molecule has 1 nitrogen and oxygen atoms in total. The van der Waals surface area contributed by atoms with E-state index in [0.717, 1.165) is 31.6 Å². The number of ketones is 1. The number of rotatable bonds is 3. The van der Waals surface area contributed by atoms with Gasteiger partial charge in [0.25, 0.3) is 0 Å². The van der Waals surface area contributed by atoms with Gasteiger partial charge in [-0.05, 0) is 24.7 Å². The molecule has 0 aliphatic heterocycles. The van der Waals surface area contributed by atoms with Crippen molar-refractivity contribution in [2.75, 3.05) is 0 Å². The number of Topliss-reactive ketones (excluding diaryl/α,β-unsaturated/α-hetero) is 1. The van der Waals surface area contributed by atoms with Gasteiger partial charge in [-0.25, -0.2) is 0 Å². The van der Waals surface area contributed by atoms with E-state index in [1.54, 1.807) is 0 Å². The van der Waals surface area contributed by atoms with Crippen LogP contribution in [0.4, 0.5) is 0 Å². The summed E-state index contributed by atoms with van der Waals surface area (Å²) in [5.41, 5.74) is 0. The highest BCUT2D eigenvalue weighted by molar-refractivity contribution is 5.79. The zero-order chi connectivity index (χ0) is 8.97. The molecule has 1 fully saturated rings. The highest BCUT2D eigenvalue weighted by Crippen LogP contribution is 2.32. The second-order valence-corrected chi connectivity index (χ2v) is 3.73. The molecular weight excluding hydrogens is 148 g/mol. The molecule has 0 aromatic carbocycles. The molecule has 1 aliphatic rings. The van der Waals surface area contributed by atoms with Crippen LogP contribution in [0.15, 0.2) is 12.7 Å². The predicted octanol–water partition coefficient (Wildman–Crippen LogP) is 2.96. The fraction of sp³-hybridized carbons (Fsp3) is 0.727. The summed E-state index contributed by atoms with van der Waals surface area (Å²) in [5.74, 6) is 1.81. The molecule has 1 aliphatic carbocycles. The van der Waals surface area contributed by atoms with E-state index in [1.807, 2.05) is 6.08 Å². The Morgan fingerprint density at radius 1 is 1.58 bits per heavy atom. The Kier molecular flexibility index (Phi) is 3.51. The van der Waals surface area contributed by atoms with Crippen LogP contribution in [0.3, 0.4) is 0 Å². The van der Waals surface area contributed by atoms with Crippen molar-refractivity contribution in [1.82, 2.24) is 0 Å². The Hall–Kier alpha value is -0.590. The Morgan fingerprint density at radius 3 is 2.92 bits per heavy atom. The van der Waals surface area contributed by atoms with Crippen LogP contribution in [0, 0.1) is 11.8 Å². The summed E-state index contributed by atoms with van der Waals surface area (Å²) >= 11 is 0. The van der Waals surface area contributed by atoms with Crippen LogP contribution in [-0.4, -0.2) is 5.78 Å². The number of carbonyl (C=O) groups excluding carboxylic acids is 1. The van der Waals surface area contributed by atoms with Crippen molar-refractivity contribution in [3.8, 4) is 0 Å². The molecule has 0 aromatic heterocycles. The lowest BCUT2D eigenvalue weighted by atomic mass is 9.76. The average Bonchev–Trinajstić information content (AvgIpc) is 2.05. The van der Waals surface area contributed by atoms with Crippen LogP contribution in [-0.2, 0) is 4.79 Å². The van der Waals surface area contributed by atoms with Crippen LogP contribution >= 0.6 is 0 Å². The largest absolute Gasteiger partial charge is 0.300 e. The lowest BCUT2D eigenvalue weighted by molar-refractivity contribution is -0.122. The van der Waals surface area contributed by atoms with Crippen molar-refractivity contribution in [3.63, 3.8) is 0 Å². The summed E-state index contributed by atoms with van der Waals surface area (Å²) in [6.45, 7) is 5.96. The zero-order valence-corrected chi connectivity index (χ0v) is 7.88. The third-order valence-corrected chi connectivity index (χ3v) is 2.94. The van der Waals surface area contributed by atoms with Crippen molar-refractivity contribution < 1.29 is 4.79 Å². The molecule has 12 heavy (non-hydrogen) atoms. The Morgan fingerprint density at radius 2 is 2.33 bits per heavy atom. The first-order valence-corrected chi connectivity index (χ1v) is 4.90. The van der Waals surface area contributed by atoms with Crippen LogP contribution in [0.1, 0.15) is 39.0 Å². The summed E-state index contributed by atoms with van der Waals surface area (Å²) in [7, 11) is 0. The standard InChI is InChI=1S/C11H18O/c1-3-5-10-8-11(12)7-6-9(10)4-2/h3,9-10H,1,4-8H2,2H3. The van der Waals surface area contributed by atoms with Gasteiger partial charge in [-0.1, -0.05) is 19.4 Å². The monoisotopic (exact) mass is 166 g/mol. The number of hydrogen-bond donors (Lipinski definition) is 0. The third-order valence-electron chi connectivity index (χ3n) is 2.94. The van der Waals surface area contributed by atoms with Gasteiger partial charge in [-0.3, -0.25) is 4.79 Å². The van der Waals surface area contributed by atoms with Gasteiger partial charge in [0.05, 0.1) is 0 Å². The molecule has 2 unspecified atom stereocenters. The first-order valence-electron chi connectivity index (χ1n) is 4.90. The molecule has 0 aromatic rings. The van der Waals surface area contributed by atoms with Crippen LogP contribution in [0.2, 0.25) is 0 Å². The van der Waals surface area contributed by atoms with Gasteiger partial charge in [0.15, 0.2) is 0 Å². The second-order valence-electron chi connectivity index (χ2n) is 3.73. The molecule has 1 rings (SSSR count). The summed E-state index contributed by atoms with van der Waals surface area (Å²) in [6.07, 6.45) is 6.90. The van der Waals surface area contributed by atoms with Crippen molar-refractivity contribution in [2.24, 2.45) is 11.8 Å². The quantitative estimate of drug-likeness (QED) is 0.589. The highest BCUT2D eigenvalue weighted by Gasteiger charge is 2.26. The van der Waals surface area contributed by atoms with Crippen LogP contribution < -0.4 is 0 Å². The molecule has 0 bridgehead atoms. The fourth-order valence-electron chi connectivity index (χ4n) is 2.17. The van der Waals surface area contributed by atoms with Crippen molar-refractivity contribution in [1.29, 1.82) is 0 Å². The molecule has 1 heteroatoms. The Bertz CT molecular complexity index is 172. The minimum Gasteiger partial charge on any atom is -0.300 e. The topological polar surface area (TPSA) is 17.1 Å². The van der Waals surface area contributed by atoms with Gasteiger partial charge in [-0.15, -0.1) is 6.58 Å². The molecule has 0 N–H and O–H groups in total. The van der Waals surface area contributed by atoms with E-state index in [1.165, 1.54) is 6.42 Å². The number of carbonyl (C=O) groups is 1. The first kappa shape index (κ1) is 9.50. The molecule has 68 valence electrons. The van der Waals surface area contributed by atoms with Gasteiger partial charge < -0.3 is 0 Å². The maximum absolute atomic E-state index is 11.2. The van der Waals surface area contributed by atoms with Crippen molar-refractivity contribution in [3.05, 3.63) is 12.7 Å². The molecule has 0 heterocycles. The lowest BCUT2D eigenvalue weighted by Crippen LogP contribution is -2.24. The Balaban J connectivity index is 2.50. The summed E-state index contributed by atoms with van der Waals surface area (Å²) in [5, 5.41) is 0. The molecule has 0 radical (unpaired) electrons. The van der Waals surface area contributed by atoms with E-state index in [-0.39, 0.29) is 0 Å². The summed E-state index contributed by atoms with van der Waals surface area (Å²) in [4.78, 5) is 11.2. The van der Waals surface area contributed by atoms with Gasteiger partial charge in [-0.2, -0.15) is 0 Å².